The number of carbonyl (C=O) groups is 1. The Morgan fingerprint density at radius 3 is 2.24 bits per heavy atom. The van der Waals surface area contributed by atoms with Crippen molar-refractivity contribution in [3.8, 4) is 17.2 Å². The van der Waals surface area contributed by atoms with Gasteiger partial charge in [-0.15, -0.1) is 13.2 Å². The fourth-order valence-corrected chi connectivity index (χ4v) is 2.70. The van der Waals surface area contributed by atoms with Gasteiger partial charge in [-0.05, 0) is 54.6 Å². The van der Waals surface area contributed by atoms with Crippen LogP contribution in [0.1, 0.15) is 10.4 Å². The zero-order valence-corrected chi connectivity index (χ0v) is 16.0. The second-order valence-corrected chi connectivity index (χ2v) is 6.54. The lowest BCUT2D eigenvalue weighted by Gasteiger charge is -2.14. The number of alkyl halides is 3. The third-order valence-electron chi connectivity index (χ3n) is 3.59. The lowest BCUT2D eigenvalue weighted by Crippen LogP contribution is -2.20. The van der Waals surface area contributed by atoms with Crippen LogP contribution in [0, 0.1) is 0 Å². The largest absolute Gasteiger partial charge is 0.573 e. The van der Waals surface area contributed by atoms with E-state index in [0.29, 0.717) is 16.5 Å². The normalized spacial score (nSPS) is 11.1. The first-order chi connectivity index (χ1) is 13.7. The molecule has 0 aromatic heterocycles. The maximum atomic E-state index is 12.5. The number of halogens is 5. The molecule has 0 aliphatic heterocycles. The van der Waals surface area contributed by atoms with E-state index in [2.05, 4.69) is 10.1 Å². The molecule has 0 saturated heterocycles. The number of ether oxygens (including phenoxy) is 2. The molecule has 3 aromatic carbocycles. The summed E-state index contributed by atoms with van der Waals surface area (Å²) in [7, 11) is 0. The molecule has 0 radical (unpaired) electrons. The highest BCUT2D eigenvalue weighted by molar-refractivity contribution is 6.32. The van der Waals surface area contributed by atoms with Crippen molar-refractivity contribution in [1.29, 1.82) is 0 Å². The first-order valence-electron chi connectivity index (χ1n) is 8.10. The third kappa shape index (κ3) is 5.79. The quantitative estimate of drug-likeness (QED) is 0.466. The minimum absolute atomic E-state index is 0.192. The van der Waals surface area contributed by atoms with Crippen molar-refractivity contribution in [3.63, 3.8) is 0 Å². The lowest BCUT2D eigenvalue weighted by atomic mass is 10.2. The van der Waals surface area contributed by atoms with Crippen molar-refractivity contribution >= 4 is 34.8 Å². The van der Waals surface area contributed by atoms with Crippen molar-refractivity contribution in [2.75, 3.05) is 5.32 Å². The fourth-order valence-electron chi connectivity index (χ4n) is 2.36. The monoisotopic (exact) mass is 441 g/mol. The number of para-hydroxylation sites is 1. The van der Waals surface area contributed by atoms with E-state index < -0.39 is 18.0 Å². The van der Waals surface area contributed by atoms with Crippen molar-refractivity contribution in [2.24, 2.45) is 0 Å². The first-order valence-corrected chi connectivity index (χ1v) is 8.86. The van der Waals surface area contributed by atoms with Gasteiger partial charge in [0.1, 0.15) is 17.2 Å². The van der Waals surface area contributed by atoms with Crippen LogP contribution in [-0.4, -0.2) is 12.3 Å². The molecule has 0 unspecified atom stereocenters. The van der Waals surface area contributed by atoms with E-state index in [1.54, 1.807) is 24.3 Å². The fraction of sp³-hybridized carbons (Fsp3) is 0.0500. The van der Waals surface area contributed by atoms with Crippen LogP contribution in [0.15, 0.2) is 66.7 Å². The Hall–Kier alpha value is -2.90. The minimum Gasteiger partial charge on any atom is -0.456 e. The van der Waals surface area contributed by atoms with Crippen LogP contribution in [-0.2, 0) is 0 Å². The van der Waals surface area contributed by atoms with E-state index in [9.17, 15) is 18.0 Å². The summed E-state index contributed by atoms with van der Waals surface area (Å²) in [5.41, 5.74) is -0.00675. The highest BCUT2D eigenvalue weighted by Crippen LogP contribution is 2.33. The van der Waals surface area contributed by atoms with E-state index in [1.165, 1.54) is 36.4 Å². The van der Waals surface area contributed by atoms with Gasteiger partial charge in [-0.3, -0.25) is 4.79 Å². The molecule has 0 saturated carbocycles. The molecule has 1 amide bonds. The molecular weight excluding hydrogens is 430 g/mol. The molecule has 9 heteroatoms. The summed E-state index contributed by atoms with van der Waals surface area (Å²) in [5, 5.41) is 3.22. The summed E-state index contributed by atoms with van der Waals surface area (Å²) < 4.78 is 47.1. The predicted octanol–water partition coefficient (Wildman–Crippen LogP) is 6.94. The molecule has 150 valence electrons. The summed E-state index contributed by atoms with van der Waals surface area (Å²) >= 11 is 12.0. The van der Waals surface area contributed by atoms with E-state index >= 15 is 0 Å². The van der Waals surface area contributed by atoms with Gasteiger partial charge < -0.3 is 14.8 Å². The zero-order valence-electron chi connectivity index (χ0n) is 14.5. The van der Waals surface area contributed by atoms with Gasteiger partial charge in [-0.1, -0.05) is 35.3 Å². The predicted molar refractivity (Wildman–Crippen MR) is 104 cm³/mol. The minimum atomic E-state index is -4.92. The van der Waals surface area contributed by atoms with Gasteiger partial charge in [0.05, 0.1) is 10.6 Å². The van der Waals surface area contributed by atoms with Crippen LogP contribution in [0.2, 0.25) is 10.0 Å². The summed E-state index contributed by atoms with van der Waals surface area (Å²) in [6.07, 6.45) is -4.92. The van der Waals surface area contributed by atoms with E-state index in [4.69, 9.17) is 27.9 Å². The van der Waals surface area contributed by atoms with Gasteiger partial charge in [0.15, 0.2) is 0 Å². The summed E-state index contributed by atoms with van der Waals surface area (Å²) in [6, 6.07) is 16.1. The van der Waals surface area contributed by atoms with Gasteiger partial charge in [0.2, 0.25) is 0 Å². The standard InChI is InChI=1S/C20H12Cl2F3NO3/c21-12-5-8-14(9-6-12)28-18-10-7-13(11-16(18)22)26-19(27)15-3-1-2-4-17(15)29-20(23,24)25/h1-11H,(H,26,27). The van der Waals surface area contributed by atoms with Crippen LogP contribution in [0.3, 0.4) is 0 Å². The van der Waals surface area contributed by atoms with Crippen LogP contribution < -0.4 is 14.8 Å². The number of anilines is 1. The molecule has 0 fully saturated rings. The summed E-state index contributed by atoms with van der Waals surface area (Å²) in [6.45, 7) is 0. The Morgan fingerprint density at radius 1 is 0.897 bits per heavy atom. The second-order valence-electron chi connectivity index (χ2n) is 5.70. The van der Waals surface area contributed by atoms with Gasteiger partial charge in [0, 0.05) is 10.7 Å². The molecule has 0 spiro atoms. The SMILES string of the molecule is O=C(Nc1ccc(Oc2ccc(Cl)cc2)c(Cl)c1)c1ccccc1OC(F)(F)F. The Balaban J connectivity index is 1.75. The first kappa shape index (κ1) is 20.8. The molecule has 4 nitrogen and oxygen atoms in total. The summed E-state index contributed by atoms with van der Waals surface area (Å²) in [5.74, 6) is -0.558. The maximum absolute atomic E-state index is 12.5. The average Bonchev–Trinajstić information content (AvgIpc) is 2.65. The van der Waals surface area contributed by atoms with Crippen molar-refractivity contribution in [3.05, 3.63) is 82.3 Å². The molecule has 0 bridgehead atoms. The molecule has 3 aromatic rings. The molecular formula is C20H12Cl2F3NO3. The van der Waals surface area contributed by atoms with Crippen LogP contribution in [0.4, 0.5) is 18.9 Å². The molecule has 0 atom stereocenters. The second kappa shape index (κ2) is 8.63. The van der Waals surface area contributed by atoms with Crippen LogP contribution in [0.25, 0.3) is 0 Å². The van der Waals surface area contributed by atoms with E-state index in [1.807, 2.05) is 0 Å². The number of rotatable bonds is 5. The number of nitrogens with one attached hydrogen (secondary N) is 1. The number of benzene rings is 3. The van der Waals surface area contributed by atoms with Gasteiger partial charge >= 0.3 is 6.36 Å². The number of amides is 1. The third-order valence-corrected chi connectivity index (χ3v) is 4.14. The molecule has 0 heterocycles. The van der Waals surface area contributed by atoms with Gasteiger partial charge in [0.25, 0.3) is 5.91 Å². The zero-order chi connectivity index (χ0) is 21.0. The smallest absolute Gasteiger partial charge is 0.456 e. The van der Waals surface area contributed by atoms with E-state index in [0.717, 1.165) is 6.07 Å². The average molecular weight is 442 g/mol. The molecule has 1 N–H and O–H groups in total. The van der Waals surface area contributed by atoms with Crippen LogP contribution >= 0.6 is 23.2 Å². The molecule has 0 aliphatic rings. The van der Waals surface area contributed by atoms with E-state index in [-0.39, 0.29) is 16.3 Å². The Morgan fingerprint density at radius 2 is 1.59 bits per heavy atom. The van der Waals surface area contributed by atoms with Crippen LogP contribution in [0.5, 0.6) is 17.2 Å². The van der Waals surface area contributed by atoms with Crippen molar-refractivity contribution in [2.45, 2.75) is 6.36 Å². The summed E-state index contributed by atoms with van der Waals surface area (Å²) in [4.78, 5) is 12.4. The lowest BCUT2D eigenvalue weighted by molar-refractivity contribution is -0.274. The highest BCUT2D eigenvalue weighted by Gasteiger charge is 2.32. The Labute approximate surface area is 173 Å². The highest BCUT2D eigenvalue weighted by atomic mass is 35.5. The maximum Gasteiger partial charge on any atom is 0.573 e. The van der Waals surface area contributed by atoms with Crippen molar-refractivity contribution < 1.29 is 27.4 Å². The molecule has 3 rings (SSSR count). The molecule has 0 aliphatic carbocycles. The number of hydrogen-bond donors (Lipinski definition) is 1. The topological polar surface area (TPSA) is 47.6 Å². The number of hydrogen-bond acceptors (Lipinski definition) is 3. The molecule has 29 heavy (non-hydrogen) atoms. The number of carbonyl (C=O) groups excluding carboxylic acids is 1. The van der Waals surface area contributed by atoms with Crippen molar-refractivity contribution in [1.82, 2.24) is 0 Å². The van der Waals surface area contributed by atoms with Gasteiger partial charge in [-0.25, -0.2) is 0 Å². The Bertz CT molecular complexity index is 1020. The van der Waals surface area contributed by atoms with Gasteiger partial charge in [-0.2, -0.15) is 0 Å². The Kier molecular flexibility index (Phi) is 6.20.